The number of amides is 1. The van der Waals surface area contributed by atoms with Gasteiger partial charge >= 0.3 is 0 Å². The van der Waals surface area contributed by atoms with E-state index in [2.05, 4.69) is 38.4 Å². The first-order valence-electron chi connectivity index (χ1n) is 12.3. The summed E-state index contributed by atoms with van der Waals surface area (Å²) < 4.78 is 0. The molecule has 1 saturated heterocycles. The first-order valence-corrected chi connectivity index (χ1v) is 13.7. The Labute approximate surface area is 194 Å². The fraction of sp³-hybridized carbons (Fsp3) is 0.708. The number of nitrogen functional groups attached to an aromatic ring is 1. The summed E-state index contributed by atoms with van der Waals surface area (Å²) in [5.74, 6) is 4.03. The van der Waals surface area contributed by atoms with Gasteiger partial charge in [-0.05, 0) is 62.3 Å². The fourth-order valence-corrected chi connectivity index (χ4v) is 5.89. The van der Waals surface area contributed by atoms with Gasteiger partial charge in [0.2, 0.25) is 5.91 Å². The van der Waals surface area contributed by atoms with Gasteiger partial charge in [0, 0.05) is 55.8 Å². The average molecular weight is 455 g/mol. The summed E-state index contributed by atoms with van der Waals surface area (Å²) in [5.41, 5.74) is 9.92. The number of rotatable bonds is 7. The number of carbonyl (C=O) groups is 1. The van der Waals surface area contributed by atoms with Crippen LogP contribution in [0.4, 0.5) is 11.5 Å². The zero-order valence-corrected chi connectivity index (χ0v) is 19.8. The molecule has 0 radical (unpaired) electrons. The predicted molar refractivity (Wildman–Crippen MR) is 130 cm³/mol. The quantitative estimate of drug-likeness (QED) is 0.682. The molecule has 6 rings (SSSR count). The lowest BCUT2D eigenvalue weighted by molar-refractivity contribution is -0.135. The monoisotopic (exact) mass is 454 g/mol. The highest BCUT2D eigenvalue weighted by molar-refractivity contribution is 7.98. The van der Waals surface area contributed by atoms with Crippen molar-refractivity contribution in [1.82, 2.24) is 14.9 Å². The van der Waals surface area contributed by atoms with E-state index in [0.29, 0.717) is 29.7 Å². The molecule has 7 nitrogen and oxygen atoms in total. The Hall–Kier alpha value is -1.96. The second-order valence-electron chi connectivity index (χ2n) is 10.3. The number of carbonyl (C=O) groups excluding carboxylic acids is 1. The van der Waals surface area contributed by atoms with Gasteiger partial charge in [-0.3, -0.25) is 9.80 Å². The highest BCUT2D eigenvalue weighted by Gasteiger charge is 2.45. The van der Waals surface area contributed by atoms with Gasteiger partial charge in [0.05, 0.1) is 17.6 Å². The van der Waals surface area contributed by atoms with E-state index in [4.69, 9.17) is 10.7 Å². The van der Waals surface area contributed by atoms with Crippen molar-refractivity contribution in [3.63, 3.8) is 0 Å². The lowest BCUT2D eigenvalue weighted by atomic mass is 9.96. The molecule has 5 aliphatic rings. The molecule has 1 unspecified atom stereocenters. The molecule has 3 saturated carbocycles. The van der Waals surface area contributed by atoms with E-state index >= 15 is 0 Å². The highest BCUT2D eigenvalue weighted by atomic mass is 32.2. The second kappa shape index (κ2) is 8.12. The summed E-state index contributed by atoms with van der Waals surface area (Å²) in [5, 5.41) is 6.73. The van der Waals surface area contributed by atoms with Crippen LogP contribution in [0.5, 0.6) is 0 Å². The first kappa shape index (κ1) is 20.6. The van der Waals surface area contributed by atoms with Crippen LogP contribution in [-0.2, 0) is 4.79 Å². The van der Waals surface area contributed by atoms with Gasteiger partial charge in [-0.2, -0.15) is 5.10 Å². The standard InChI is InChI=1S/C24H34N6OS/c1-32-14-29-12-18(11-26-29)19-10-20(25)23(27-22(19)16-4-5-16)28-8-9-30(24(31)17-6-7-17)21(13-28)15-2-3-15/h10-11,15-18,21H,2-9,12-14,25H2,1H3/t18?,21-/m0/s1. The van der Waals surface area contributed by atoms with Crippen molar-refractivity contribution in [3.05, 3.63) is 17.3 Å². The average Bonchev–Trinajstić information content (AvgIpc) is 3.67. The number of hydrazone groups is 1. The lowest BCUT2D eigenvalue weighted by Gasteiger charge is -2.43. The molecule has 0 aromatic carbocycles. The molecule has 0 bridgehead atoms. The van der Waals surface area contributed by atoms with E-state index in [-0.39, 0.29) is 5.92 Å². The largest absolute Gasteiger partial charge is 0.396 e. The van der Waals surface area contributed by atoms with Crippen molar-refractivity contribution in [1.29, 1.82) is 0 Å². The maximum absolute atomic E-state index is 12.9. The Morgan fingerprint density at radius 1 is 1.16 bits per heavy atom. The van der Waals surface area contributed by atoms with E-state index in [9.17, 15) is 4.79 Å². The fourth-order valence-electron chi connectivity index (χ4n) is 5.42. The molecular formula is C24H34N6OS. The maximum Gasteiger partial charge on any atom is 0.226 e. The van der Waals surface area contributed by atoms with E-state index in [1.54, 1.807) is 11.8 Å². The summed E-state index contributed by atoms with van der Waals surface area (Å²) in [6, 6.07) is 2.51. The molecule has 32 heavy (non-hydrogen) atoms. The lowest BCUT2D eigenvalue weighted by Crippen LogP contribution is -2.57. The summed E-state index contributed by atoms with van der Waals surface area (Å²) in [7, 11) is 0. The van der Waals surface area contributed by atoms with Crippen LogP contribution < -0.4 is 10.6 Å². The topological polar surface area (TPSA) is 78.1 Å². The van der Waals surface area contributed by atoms with Crippen LogP contribution in [0.1, 0.15) is 61.6 Å². The normalized spacial score (nSPS) is 28.0. The van der Waals surface area contributed by atoms with Crippen molar-refractivity contribution in [3.8, 4) is 0 Å². The molecular weight excluding hydrogens is 420 g/mol. The minimum Gasteiger partial charge on any atom is -0.396 e. The molecule has 4 fully saturated rings. The zero-order valence-electron chi connectivity index (χ0n) is 18.9. The van der Waals surface area contributed by atoms with Crippen molar-refractivity contribution in [2.45, 2.75) is 56.4 Å². The van der Waals surface area contributed by atoms with Crippen molar-refractivity contribution in [2.75, 3.05) is 48.9 Å². The molecule has 172 valence electrons. The van der Waals surface area contributed by atoms with Gasteiger partial charge in [0.25, 0.3) is 0 Å². The number of aromatic nitrogens is 1. The van der Waals surface area contributed by atoms with Crippen LogP contribution in [0.3, 0.4) is 0 Å². The van der Waals surface area contributed by atoms with Gasteiger partial charge in [-0.25, -0.2) is 4.98 Å². The Bertz CT molecular complexity index is 925. The number of nitrogens with zero attached hydrogens (tertiary/aromatic N) is 5. The maximum atomic E-state index is 12.9. The molecule has 1 aromatic heterocycles. The van der Waals surface area contributed by atoms with Gasteiger partial charge in [-0.1, -0.05) is 0 Å². The van der Waals surface area contributed by atoms with Crippen LogP contribution in [0.25, 0.3) is 0 Å². The third-order valence-electron chi connectivity index (χ3n) is 7.64. The number of piperazine rings is 1. The van der Waals surface area contributed by atoms with Gasteiger partial charge < -0.3 is 15.5 Å². The SMILES string of the molecule is CSCN1CC(c2cc(N)c(N3CCN(C(=O)C4CC4)[C@H](C4CC4)C3)nc2C2CC2)C=N1. The van der Waals surface area contributed by atoms with E-state index in [1.165, 1.54) is 36.9 Å². The molecule has 2 aliphatic heterocycles. The molecule has 2 N–H and O–H groups in total. The minimum atomic E-state index is 0.272. The number of hydrogen-bond donors (Lipinski definition) is 1. The Morgan fingerprint density at radius 3 is 2.66 bits per heavy atom. The first-order chi connectivity index (χ1) is 15.6. The van der Waals surface area contributed by atoms with Crippen LogP contribution in [0, 0.1) is 11.8 Å². The Morgan fingerprint density at radius 2 is 1.97 bits per heavy atom. The summed E-state index contributed by atoms with van der Waals surface area (Å²) in [6.45, 7) is 3.41. The minimum absolute atomic E-state index is 0.272. The highest BCUT2D eigenvalue weighted by Crippen LogP contribution is 2.45. The Balaban J connectivity index is 1.25. The number of nitrogens with two attached hydrogens (primary N) is 1. The predicted octanol–water partition coefficient (Wildman–Crippen LogP) is 3.08. The number of anilines is 2. The number of pyridine rings is 1. The van der Waals surface area contributed by atoms with Gasteiger partial charge in [0.1, 0.15) is 0 Å². The van der Waals surface area contributed by atoms with Crippen molar-refractivity contribution < 1.29 is 4.79 Å². The summed E-state index contributed by atoms with van der Waals surface area (Å²) in [4.78, 5) is 22.7. The van der Waals surface area contributed by atoms with Gasteiger partial charge in [0.15, 0.2) is 5.82 Å². The van der Waals surface area contributed by atoms with Crippen molar-refractivity contribution in [2.24, 2.45) is 16.9 Å². The molecule has 1 aromatic rings. The van der Waals surface area contributed by atoms with E-state index < -0.39 is 0 Å². The van der Waals surface area contributed by atoms with E-state index in [0.717, 1.165) is 56.4 Å². The molecule has 8 heteroatoms. The summed E-state index contributed by atoms with van der Waals surface area (Å²) >= 11 is 1.80. The third kappa shape index (κ3) is 3.95. The molecule has 3 aliphatic carbocycles. The third-order valence-corrected chi connectivity index (χ3v) is 8.20. The molecule has 1 amide bonds. The van der Waals surface area contributed by atoms with Crippen LogP contribution in [-0.4, -0.2) is 71.4 Å². The molecule has 3 heterocycles. The summed E-state index contributed by atoms with van der Waals surface area (Å²) in [6.07, 6.45) is 11.3. The van der Waals surface area contributed by atoms with Crippen LogP contribution in [0.15, 0.2) is 11.2 Å². The van der Waals surface area contributed by atoms with Crippen LogP contribution >= 0.6 is 11.8 Å². The van der Waals surface area contributed by atoms with E-state index in [1.807, 2.05) is 0 Å². The van der Waals surface area contributed by atoms with Gasteiger partial charge in [-0.15, -0.1) is 11.8 Å². The van der Waals surface area contributed by atoms with Crippen LogP contribution in [0.2, 0.25) is 0 Å². The second-order valence-corrected chi connectivity index (χ2v) is 11.1. The van der Waals surface area contributed by atoms with Crippen molar-refractivity contribution >= 4 is 35.4 Å². The molecule has 0 spiro atoms. The number of thioether (sulfide) groups is 1. The smallest absolute Gasteiger partial charge is 0.226 e. The molecule has 2 atom stereocenters. The number of hydrogen-bond acceptors (Lipinski definition) is 7. The Kier molecular flexibility index (Phi) is 5.23. The zero-order chi connectivity index (χ0) is 21.8.